The van der Waals surface area contributed by atoms with E-state index in [0.29, 0.717) is 11.3 Å². The molecule has 1 aliphatic rings. The van der Waals surface area contributed by atoms with Crippen molar-refractivity contribution in [3.8, 4) is 0 Å². The molecule has 3 rings (SSSR count). The first-order chi connectivity index (χ1) is 9.16. The first kappa shape index (κ1) is 12.7. The number of piperidine rings is 1. The maximum Gasteiger partial charge on any atom is 0.223 e. The van der Waals surface area contributed by atoms with Crippen molar-refractivity contribution < 1.29 is 0 Å². The number of hydrogen-bond donors (Lipinski definition) is 0. The minimum atomic E-state index is 0.326. The summed E-state index contributed by atoms with van der Waals surface area (Å²) in [6.45, 7) is 6.57. The zero-order valence-corrected chi connectivity index (χ0v) is 12.2. The molecule has 0 unspecified atom stereocenters. The molecule has 2 aromatic heterocycles. The molecule has 0 N–H and O–H groups in total. The van der Waals surface area contributed by atoms with Gasteiger partial charge in [-0.05, 0) is 44.7 Å². The maximum absolute atomic E-state index is 5.97. The minimum absolute atomic E-state index is 0.326. The van der Waals surface area contributed by atoms with Crippen LogP contribution in [0.15, 0.2) is 12.4 Å². The molecule has 0 spiro atoms. The summed E-state index contributed by atoms with van der Waals surface area (Å²) in [6, 6.07) is 0.394. The van der Waals surface area contributed by atoms with Crippen LogP contribution in [0.3, 0.4) is 0 Å². The van der Waals surface area contributed by atoms with Gasteiger partial charge in [0.25, 0.3) is 0 Å². The van der Waals surface area contributed by atoms with Gasteiger partial charge in [-0.3, -0.25) is 0 Å². The van der Waals surface area contributed by atoms with E-state index in [1.54, 1.807) is 0 Å². The molecule has 2 aromatic rings. The molecule has 19 heavy (non-hydrogen) atoms. The molecule has 0 aliphatic carbocycles. The van der Waals surface area contributed by atoms with Crippen LogP contribution < -0.4 is 4.90 Å². The van der Waals surface area contributed by atoms with Crippen molar-refractivity contribution in [2.24, 2.45) is 0 Å². The highest BCUT2D eigenvalue weighted by Crippen LogP contribution is 2.31. The predicted octanol–water partition coefficient (Wildman–Crippen LogP) is 3.66. The second-order valence-electron chi connectivity index (χ2n) is 5.44. The number of rotatable bonds is 2. The van der Waals surface area contributed by atoms with E-state index < -0.39 is 0 Å². The van der Waals surface area contributed by atoms with E-state index in [1.165, 1.54) is 24.9 Å². The fraction of sp³-hybridized carbons (Fsp3) is 0.571. The Bertz CT molecular complexity index is 584. The van der Waals surface area contributed by atoms with Crippen LogP contribution in [0.4, 0.5) is 5.69 Å². The molecule has 0 saturated carbocycles. The topological polar surface area (TPSA) is 34.0 Å². The number of anilines is 1. The van der Waals surface area contributed by atoms with Crippen LogP contribution in [0, 0.1) is 0 Å². The Labute approximate surface area is 118 Å². The molecule has 0 atom stereocenters. The zero-order valence-electron chi connectivity index (χ0n) is 11.4. The van der Waals surface area contributed by atoms with Crippen molar-refractivity contribution in [1.82, 2.24) is 14.5 Å². The first-order valence-corrected chi connectivity index (χ1v) is 7.32. The Hall–Kier alpha value is -1.29. The third-order valence-electron chi connectivity index (χ3n) is 3.78. The smallest absolute Gasteiger partial charge is 0.223 e. The molecule has 0 amide bonds. The summed E-state index contributed by atoms with van der Waals surface area (Å²) in [4.78, 5) is 11.0. The Morgan fingerprint density at radius 2 is 1.95 bits per heavy atom. The SMILES string of the molecule is CC(C)n1cc(N2CCCCC2)c2nc(Cl)ncc21. The molecular formula is C14H19ClN4. The lowest BCUT2D eigenvalue weighted by atomic mass is 10.1. The molecule has 3 heterocycles. The Kier molecular flexibility index (Phi) is 3.35. The van der Waals surface area contributed by atoms with Gasteiger partial charge < -0.3 is 9.47 Å². The summed E-state index contributed by atoms with van der Waals surface area (Å²) in [7, 11) is 0. The number of fused-ring (bicyclic) bond motifs is 1. The highest BCUT2D eigenvalue weighted by atomic mass is 35.5. The molecule has 1 fully saturated rings. The zero-order chi connectivity index (χ0) is 13.4. The van der Waals surface area contributed by atoms with Crippen molar-refractivity contribution in [3.05, 3.63) is 17.7 Å². The normalized spacial score (nSPS) is 16.5. The molecule has 0 radical (unpaired) electrons. The summed E-state index contributed by atoms with van der Waals surface area (Å²) in [5.74, 6) is 0. The third-order valence-corrected chi connectivity index (χ3v) is 3.96. The van der Waals surface area contributed by atoms with Crippen molar-refractivity contribution in [2.45, 2.75) is 39.2 Å². The monoisotopic (exact) mass is 278 g/mol. The van der Waals surface area contributed by atoms with Crippen LogP contribution >= 0.6 is 11.6 Å². The fourth-order valence-electron chi connectivity index (χ4n) is 2.79. The molecule has 1 aliphatic heterocycles. The van der Waals surface area contributed by atoms with E-state index >= 15 is 0 Å². The van der Waals surface area contributed by atoms with Crippen molar-refractivity contribution >= 4 is 28.3 Å². The molecule has 102 valence electrons. The van der Waals surface area contributed by atoms with Gasteiger partial charge >= 0.3 is 0 Å². The minimum Gasteiger partial charge on any atom is -0.369 e. The highest BCUT2D eigenvalue weighted by molar-refractivity contribution is 6.28. The van der Waals surface area contributed by atoms with E-state index in [0.717, 1.165) is 24.1 Å². The van der Waals surface area contributed by atoms with Crippen molar-refractivity contribution in [1.29, 1.82) is 0 Å². The van der Waals surface area contributed by atoms with Crippen molar-refractivity contribution in [3.63, 3.8) is 0 Å². The van der Waals surface area contributed by atoms with Gasteiger partial charge in [0.05, 0.1) is 17.4 Å². The summed E-state index contributed by atoms with van der Waals surface area (Å²) >= 11 is 5.97. The van der Waals surface area contributed by atoms with Crippen molar-refractivity contribution in [2.75, 3.05) is 18.0 Å². The quantitative estimate of drug-likeness (QED) is 0.786. The van der Waals surface area contributed by atoms with Crippen LogP contribution in [0.5, 0.6) is 0 Å². The molecule has 0 aromatic carbocycles. The largest absolute Gasteiger partial charge is 0.369 e. The molecule has 0 bridgehead atoms. The standard InChI is InChI=1S/C14H19ClN4/c1-10(2)19-9-12(18-6-4-3-5-7-18)13-11(19)8-16-14(15)17-13/h8-10H,3-7H2,1-2H3. The van der Waals surface area contributed by atoms with Gasteiger partial charge in [0.1, 0.15) is 5.52 Å². The predicted molar refractivity (Wildman–Crippen MR) is 79.0 cm³/mol. The maximum atomic E-state index is 5.97. The van der Waals surface area contributed by atoms with Gasteiger partial charge in [-0.1, -0.05) is 0 Å². The van der Waals surface area contributed by atoms with Crippen LogP contribution in [0.1, 0.15) is 39.2 Å². The lowest BCUT2D eigenvalue weighted by molar-refractivity contribution is 0.575. The lowest BCUT2D eigenvalue weighted by Gasteiger charge is -2.27. The summed E-state index contributed by atoms with van der Waals surface area (Å²) in [5.41, 5.74) is 3.25. The highest BCUT2D eigenvalue weighted by Gasteiger charge is 2.19. The van der Waals surface area contributed by atoms with E-state index in [1.807, 2.05) is 6.20 Å². The molecular weight excluding hydrogens is 260 g/mol. The van der Waals surface area contributed by atoms with Crippen LogP contribution in [0.25, 0.3) is 11.0 Å². The van der Waals surface area contributed by atoms with Crippen LogP contribution in [-0.4, -0.2) is 27.6 Å². The Morgan fingerprint density at radius 3 is 2.63 bits per heavy atom. The number of nitrogens with zero attached hydrogens (tertiary/aromatic N) is 4. The van der Waals surface area contributed by atoms with Gasteiger partial charge in [0.2, 0.25) is 5.28 Å². The lowest BCUT2D eigenvalue weighted by Crippen LogP contribution is -2.29. The van der Waals surface area contributed by atoms with Gasteiger partial charge in [0, 0.05) is 25.3 Å². The second kappa shape index (κ2) is 5.00. The average molecular weight is 279 g/mol. The van der Waals surface area contributed by atoms with E-state index in [9.17, 15) is 0 Å². The Morgan fingerprint density at radius 1 is 1.21 bits per heavy atom. The summed E-state index contributed by atoms with van der Waals surface area (Å²) < 4.78 is 2.23. The average Bonchev–Trinajstić information content (AvgIpc) is 2.78. The number of aromatic nitrogens is 3. The van der Waals surface area contributed by atoms with E-state index in [-0.39, 0.29) is 0 Å². The third kappa shape index (κ3) is 2.29. The Balaban J connectivity index is 2.14. The molecule has 4 nitrogen and oxygen atoms in total. The van der Waals surface area contributed by atoms with Gasteiger partial charge in [0.15, 0.2) is 0 Å². The number of halogens is 1. The first-order valence-electron chi connectivity index (χ1n) is 6.95. The van der Waals surface area contributed by atoms with Crippen LogP contribution in [-0.2, 0) is 0 Å². The van der Waals surface area contributed by atoms with Gasteiger partial charge in [-0.15, -0.1) is 0 Å². The summed E-state index contributed by atoms with van der Waals surface area (Å²) in [6.07, 6.45) is 7.87. The van der Waals surface area contributed by atoms with Crippen LogP contribution in [0.2, 0.25) is 5.28 Å². The van der Waals surface area contributed by atoms with E-state index in [2.05, 4.69) is 39.5 Å². The van der Waals surface area contributed by atoms with Gasteiger partial charge in [-0.2, -0.15) is 0 Å². The molecule has 1 saturated heterocycles. The summed E-state index contributed by atoms with van der Waals surface area (Å²) in [5, 5.41) is 0.326. The number of hydrogen-bond acceptors (Lipinski definition) is 3. The fourth-order valence-corrected chi connectivity index (χ4v) is 2.92. The van der Waals surface area contributed by atoms with Gasteiger partial charge in [-0.25, -0.2) is 9.97 Å². The van der Waals surface area contributed by atoms with E-state index in [4.69, 9.17) is 11.6 Å². The molecule has 5 heteroatoms. The second-order valence-corrected chi connectivity index (χ2v) is 5.77.